The largest absolute Gasteiger partial charge is 0.384 e. The van der Waals surface area contributed by atoms with Gasteiger partial charge < -0.3 is 10.3 Å². The third-order valence-electron chi connectivity index (χ3n) is 2.79. The van der Waals surface area contributed by atoms with Crippen LogP contribution in [0.3, 0.4) is 0 Å². The van der Waals surface area contributed by atoms with Gasteiger partial charge in [0.05, 0.1) is 0 Å². The average Bonchev–Trinajstić information content (AvgIpc) is 2.87. The van der Waals surface area contributed by atoms with E-state index in [9.17, 15) is 0 Å². The molecular formula is C14H13N5O. The van der Waals surface area contributed by atoms with Crippen molar-refractivity contribution in [1.82, 2.24) is 20.1 Å². The molecule has 0 fully saturated rings. The second-order valence-corrected chi connectivity index (χ2v) is 4.53. The molecule has 3 aromatic heterocycles. The number of nitrogens with zero attached hydrogens (tertiary/aromatic N) is 4. The highest BCUT2D eigenvalue weighted by Crippen LogP contribution is 2.23. The third-order valence-corrected chi connectivity index (χ3v) is 2.79. The highest BCUT2D eigenvalue weighted by atomic mass is 16.5. The molecule has 3 rings (SSSR count). The maximum absolute atomic E-state index is 5.64. The molecule has 3 heterocycles. The van der Waals surface area contributed by atoms with Gasteiger partial charge in [0.25, 0.3) is 5.89 Å². The molecule has 3 aromatic rings. The van der Waals surface area contributed by atoms with Crippen molar-refractivity contribution in [3.05, 3.63) is 41.9 Å². The number of pyridine rings is 2. The number of nitrogen functional groups attached to an aromatic ring is 1. The molecule has 0 unspecified atom stereocenters. The van der Waals surface area contributed by atoms with E-state index in [-0.39, 0.29) is 0 Å². The average molecular weight is 267 g/mol. The van der Waals surface area contributed by atoms with Gasteiger partial charge >= 0.3 is 0 Å². The molecule has 6 heteroatoms. The first kappa shape index (κ1) is 12.3. The zero-order chi connectivity index (χ0) is 14.1. The lowest BCUT2D eigenvalue weighted by Gasteiger charge is -1.99. The van der Waals surface area contributed by atoms with Gasteiger partial charge in [-0.15, -0.1) is 0 Å². The Morgan fingerprint density at radius 2 is 1.75 bits per heavy atom. The fraction of sp³-hybridized carbons (Fsp3) is 0.143. The lowest BCUT2D eigenvalue weighted by Crippen LogP contribution is -1.90. The zero-order valence-electron chi connectivity index (χ0n) is 11.2. The summed E-state index contributed by atoms with van der Waals surface area (Å²) in [5, 5.41) is 4.00. The smallest absolute Gasteiger partial charge is 0.258 e. The molecule has 0 aliphatic carbocycles. The van der Waals surface area contributed by atoms with Crippen LogP contribution in [0.25, 0.3) is 22.8 Å². The van der Waals surface area contributed by atoms with Crippen molar-refractivity contribution in [3.63, 3.8) is 0 Å². The molecule has 0 saturated carbocycles. The van der Waals surface area contributed by atoms with Gasteiger partial charge in [0.15, 0.2) is 0 Å². The fourth-order valence-electron chi connectivity index (χ4n) is 2.00. The predicted octanol–water partition coefficient (Wildman–Crippen LogP) is 2.39. The minimum atomic E-state index is 0.415. The minimum Gasteiger partial charge on any atom is -0.384 e. The Bertz CT molecular complexity index is 746. The van der Waals surface area contributed by atoms with Gasteiger partial charge in [0, 0.05) is 28.7 Å². The number of anilines is 1. The van der Waals surface area contributed by atoms with Crippen molar-refractivity contribution >= 4 is 5.82 Å². The van der Waals surface area contributed by atoms with Crippen molar-refractivity contribution in [1.29, 1.82) is 0 Å². The van der Waals surface area contributed by atoms with Gasteiger partial charge in [-0.05, 0) is 38.1 Å². The first-order chi connectivity index (χ1) is 9.61. The van der Waals surface area contributed by atoms with Crippen LogP contribution < -0.4 is 5.73 Å². The van der Waals surface area contributed by atoms with E-state index in [0.717, 1.165) is 22.5 Å². The summed E-state index contributed by atoms with van der Waals surface area (Å²) in [6, 6.07) is 7.31. The van der Waals surface area contributed by atoms with Crippen molar-refractivity contribution in [2.75, 3.05) is 5.73 Å². The van der Waals surface area contributed by atoms with Gasteiger partial charge in [-0.2, -0.15) is 4.98 Å². The molecule has 2 N–H and O–H groups in total. The Morgan fingerprint density at radius 1 is 1.00 bits per heavy atom. The zero-order valence-corrected chi connectivity index (χ0v) is 11.2. The van der Waals surface area contributed by atoms with Crippen LogP contribution in [0.2, 0.25) is 0 Å². The Hall–Kier alpha value is -2.76. The van der Waals surface area contributed by atoms with E-state index in [1.54, 1.807) is 18.3 Å². The first-order valence-electron chi connectivity index (χ1n) is 6.13. The summed E-state index contributed by atoms with van der Waals surface area (Å²) in [6.07, 6.45) is 1.61. The fourth-order valence-corrected chi connectivity index (χ4v) is 2.00. The molecule has 100 valence electrons. The quantitative estimate of drug-likeness (QED) is 0.766. The Balaban J connectivity index is 2.02. The lowest BCUT2D eigenvalue weighted by molar-refractivity contribution is 0.432. The van der Waals surface area contributed by atoms with Crippen LogP contribution >= 0.6 is 0 Å². The number of hydrogen-bond donors (Lipinski definition) is 1. The summed E-state index contributed by atoms with van der Waals surface area (Å²) in [5.74, 6) is 1.36. The van der Waals surface area contributed by atoms with Gasteiger partial charge in [0.2, 0.25) is 5.82 Å². The maximum atomic E-state index is 5.64. The summed E-state index contributed by atoms with van der Waals surface area (Å²) in [5.41, 5.74) is 9.11. The molecule has 0 radical (unpaired) electrons. The first-order valence-corrected chi connectivity index (χ1v) is 6.13. The topological polar surface area (TPSA) is 90.7 Å². The van der Waals surface area contributed by atoms with Gasteiger partial charge in [-0.3, -0.25) is 4.98 Å². The summed E-state index contributed by atoms with van der Waals surface area (Å²) in [7, 11) is 0. The molecule has 20 heavy (non-hydrogen) atoms. The standard InChI is InChI=1S/C14H13N5O/c1-8-5-11(6-9(2)17-8)13-18-14(20-19-13)10-3-4-16-12(15)7-10/h3-7H,1-2H3,(H2,15,16). The van der Waals surface area contributed by atoms with Crippen LogP contribution in [0, 0.1) is 13.8 Å². The second-order valence-electron chi connectivity index (χ2n) is 4.53. The Labute approximate surface area is 115 Å². The predicted molar refractivity (Wildman–Crippen MR) is 74.6 cm³/mol. The number of aryl methyl sites for hydroxylation is 2. The van der Waals surface area contributed by atoms with E-state index in [2.05, 4.69) is 20.1 Å². The molecule has 0 atom stereocenters. The van der Waals surface area contributed by atoms with Crippen LogP contribution in [0.5, 0.6) is 0 Å². The molecule has 0 amide bonds. The monoisotopic (exact) mass is 267 g/mol. The molecule has 0 spiro atoms. The van der Waals surface area contributed by atoms with Crippen LogP contribution in [0.4, 0.5) is 5.82 Å². The molecular weight excluding hydrogens is 254 g/mol. The van der Waals surface area contributed by atoms with E-state index in [1.807, 2.05) is 26.0 Å². The number of rotatable bonds is 2. The van der Waals surface area contributed by atoms with Gasteiger partial charge in [0.1, 0.15) is 5.82 Å². The normalized spacial score (nSPS) is 10.7. The van der Waals surface area contributed by atoms with Crippen LogP contribution in [0.1, 0.15) is 11.4 Å². The third kappa shape index (κ3) is 2.35. The Morgan fingerprint density at radius 3 is 2.45 bits per heavy atom. The second kappa shape index (κ2) is 4.73. The highest BCUT2D eigenvalue weighted by Gasteiger charge is 2.11. The summed E-state index contributed by atoms with van der Waals surface area (Å²) >= 11 is 0. The van der Waals surface area contributed by atoms with Crippen molar-refractivity contribution in [3.8, 4) is 22.8 Å². The van der Waals surface area contributed by atoms with E-state index < -0.39 is 0 Å². The number of aromatic nitrogens is 4. The van der Waals surface area contributed by atoms with Crippen molar-refractivity contribution < 1.29 is 4.52 Å². The number of nitrogens with two attached hydrogens (primary N) is 1. The van der Waals surface area contributed by atoms with Crippen molar-refractivity contribution in [2.24, 2.45) is 0 Å². The Kier molecular flexibility index (Phi) is 2.90. The summed E-state index contributed by atoms with van der Waals surface area (Å²) in [6.45, 7) is 3.86. The highest BCUT2D eigenvalue weighted by molar-refractivity contribution is 5.61. The molecule has 0 bridgehead atoms. The molecule has 0 aliphatic heterocycles. The summed E-state index contributed by atoms with van der Waals surface area (Å²) < 4.78 is 5.27. The summed E-state index contributed by atoms with van der Waals surface area (Å²) in [4.78, 5) is 12.6. The van der Waals surface area contributed by atoms with Gasteiger partial charge in [-0.1, -0.05) is 5.16 Å². The van der Waals surface area contributed by atoms with Crippen LogP contribution in [-0.4, -0.2) is 20.1 Å². The van der Waals surface area contributed by atoms with Gasteiger partial charge in [-0.25, -0.2) is 4.98 Å². The lowest BCUT2D eigenvalue weighted by atomic mass is 10.2. The molecule has 6 nitrogen and oxygen atoms in total. The van der Waals surface area contributed by atoms with E-state index in [4.69, 9.17) is 10.3 Å². The van der Waals surface area contributed by atoms with E-state index in [0.29, 0.717) is 17.5 Å². The number of hydrogen-bond acceptors (Lipinski definition) is 6. The SMILES string of the molecule is Cc1cc(-c2noc(-c3ccnc(N)c3)n2)cc(C)n1. The minimum absolute atomic E-state index is 0.415. The van der Waals surface area contributed by atoms with E-state index >= 15 is 0 Å². The van der Waals surface area contributed by atoms with Crippen molar-refractivity contribution in [2.45, 2.75) is 13.8 Å². The maximum Gasteiger partial charge on any atom is 0.258 e. The van der Waals surface area contributed by atoms with E-state index in [1.165, 1.54) is 0 Å². The van der Waals surface area contributed by atoms with Crippen LogP contribution in [-0.2, 0) is 0 Å². The molecule has 0 aliphatic rings. The molecule has 0 aromatic carbocycles. The van der Waals surface area contributed by atoms with Crippen LogP contribution in [0.15, 0.2) is 35.0 Å². The molecule has 0 saturated heterocycles.